The number of para-hydroxylation sites is 1. The highest BCUT2D eigenvalue weighted by atomic mass is 16.5. The van der Waals surface area contributed by atoms with E-state index in [1.807, 2.05) is 0 Å². The molecule has 1 aliphatic heterocycles. The highest BCUT2D eigenvalue weighted by Crippen LogP contribution is 2.20. The van der Waals surface area contributed by atoms with Crippen molar-refractivity contribution in [1.29, 1.82) is 5.26 Å². The van der Waals surface area contributed by atoms with Gasteiger partial charge in [-0.25, -0.2) is 0 Å². The number of carbonyl (C=O) groups excluding carboxylic acids is 2. The zero-order valence-electron chi connectivity index (χ0n) is 14.5. The molecule has 0 bridgehead atoms. The van der Waals surface area contributed by atoms with Crippen LogP contribution in [0, 0.1) is 11.3 Å². The number of nitrogens with zero attached hydrogens (tertiary/aromatic N) is 3. The molecule has 1 N–H and O–H groups in total. The van der Waals surface area contributed by atoms with Gasteiger partial charge in [0, 0.05) is 46.1 Å². The van der Waals surface area contributed by atoms with Gasteiger partial charge in [0.15, 0.2) is 0 Å². The van der Waals surface area contributed by atoms with Crippen LogP contribution in [0.2, 0.25) is 0 Å². The lowest BCUT2D eigenvalue weighted by atomic mass is 10.1. The minimum absolute atomic E-state index is 0.103. The van der Waals surface area contributed by atoms with E-state index in [9.17, 15) is 14.9 Å². The molecule has 1 aromatic carbocycles. The van der Waals surface area contributed by atoms with Crippen molar-refractivity contribution in [2.75, 3.05) is 50.8 Å². The molecule has 1 saturated heterocycles. The predicted octanol–water partition coefficient (Wildman–Crippen LogP) is 0.750. The van der Waals surface area contributed by atoms with E-state index in [1.165, 1.54) is 11.8 Å². The van der Waals surface area contributed by atoms with Crippen molar-refractivity contribution in [1.82, 2.24) is 10.2 Å². The van der Waals surface area contributed by atoms with Gasteiger partial charge < -0.3 is 15.0 Å². The van der Waals surface area contributed by atoms with Gasteiger partial charge in [0.1, 0.15) is 6.07 Å². The number of morpholine rings is 1. The molecule has 1 fully saturated rings. The Morgan fingerprint density at radius 2 is 2.04 bits per heavy atom. The van der Waals surface area contributed by atoms with Gasteiger partial charge in [0.05, 0.1) is 24.5 Å². The summed E-state index contributed by atoms with van der Waals surface area (Å²) in [5, 5.41) is 12.1. The minimum Gasteiger partial charge on any atom is -0.379 e. The molecule has 0 spiro atoms. The van der Waals surface area contributed by atoms with E-state index in [1.54, 1.807) is 24.3 Å². The number of carbonyl (C=O) groups is 2. The van der Waals surface area contributed by atoms with Crippen molar-refractivity contribution >= 4 is 17.5 Å². The summed E-state index contributed by atoms with van der Waals surface area (Å²) in [6.07, 6.45) is 0.197. The van der Waals surface area contributed by atoms with Crippen LogP contribution >= 0.6 is 0 Å². The van der Waals surface area contributed by atoms with Gasteiger partial charge >= 0.3 is 0 Å². The molecule has 2 rings (SSSR count). The second-order valence-corrected chi connectivity index (χ2v) is 5.85. The van der Waals surface area contributed by atoms with Crippen molar-refractivity contribution in [3.05, 3.63) is 29.8 Å². The summed E-state index contributed by atoms with van der Waals surface area (Å²) in [6.45, 7) is 6.30. The lowest BCUT2D eigenvalue weighted by molar-refractivity contribution is -0.121. The maximum Gasteiger partial charge on any atom is 0.223 e. The number of ether oxygens (including phenoxy) is 1. The Bertz CT molecular complexity index is 635. The van der Waals surface area contributed by atoms with E-state index in [4.69, 9.17) is 4.74 Å². The highest BCUT2D eigenvalue weighted by molar-refractivity contribution is 5.93. The second kappa shape index (κ2) is 9.77. The largest absolute Gasteiger partial charge is 0.379 e. The van der Waals surface area contributed by atoms with E-state index in [2.05, 4.69) is 16.3 Å². The average Bonchev–Trinajstić information content (AvgIpc) is 2.63. The van der Waals surface area contributed by atoms with Crippen molar-refractivity contribution in [3.8, 4) is 6.07 Å². The quantitative estimate of drug-likeness (QED) is 0.789. The molecule has 0 atom stereocenters. The van der Waals surface area contributed by atoms with Crippen LogP contribution in [0.4, 0.5) is 5.69 Å². The van der Waals surface area contributed by atoms with Crippen LogP contribution in [0.3, 0.4) is 0 Å². The van der Waals surface area contributed by atoms with Gasteiger partial charge in [0.25, 0.3) is 0 Å². The molecule has 7 nitrogen and oxygen atoms in total. The van der Waals surface area contributed by atoms with Gasteiger partial charge in [-0.2, -0.15) is 5.26 Å². The molecule has 0 aliphatic carbocycles. The molecule has 7 heteroatoms. The molecule has 1 aliphatic rings. The van der Waals surface area contributed by atoms with E-state index in [0.29, 0.717) is 17.8 Å². The van der Waals surface area contributed by atoms with Crippen LogP contribution in [-0.2, 0) is 14.3 Å². The molecular weight excluding hydrogens is 320 g/mol. The van der Waals surface area contributed by atoms with Crippen molar-refractivity contribution in [3.63, 3.8) is 0 Å². The molecule has 25 heavy (non-hydrogen) atoms. The number of nitriles is 1. The first-order valence-corrected chi connectivity index (χ1v) is 8.46. The Hall–Kier alpha value is -2.43. The molecule has 134 valence electrons. The zero-order chi connectivity index (χ0) is 18.1. The first-order valence-electron chi connectivity index (χ1n) is 8.46. The SMILES string of the molecule is CC(=O)N(CCC(=O)NCCN1CCOCC1)c1ccccc1C#N. The van der Waals surface area contributed by atoms with Gasteiger partial charge in [-0.1, -0.05) is 12.1 Å². The highest BCUT2D eigenvalue weighted by Gasteiger charge is 2.16. The molecule has 0 unspecified atom stereocenters. The maximum absolute atomic E-state index is 12.0. The number of amides is 2. The van der Waals surface area contributed by atoms with Gasteiger partial charge in [-0.3, -0.25) is 14.5 Å². The molecular formula is C18H24N4O3. The van der Waals surface area contributed by atoms with Crippen molar-refractivity contribution in [2.45, 2.75) is 13.3 Å². The Morgan fingerprint density at radius 3 is 2.72 bits per heavy atom. The lowest BCUT2D eigenvalue weighted by Crippen LogP contribution is -2.42. The number of anilines is 1. The second-order valence-electron chi connectivity index (χ2n) is 5.85. The topological polar surface area (TPSA) is 85.7 Å². The Kier molecular flexibility index (Phi) is 7.38. The van der Waals surface area contributed by atoms with E-state index < -0.39 is 0 Å². The third kappa shape index (κ3) is 5.85. The summed E-state index contributed by atoms with van der Waals surface area (Å²) < 4.78 is 5.29. The normalized spacial score (nSPS) is 14.6. The van der Waals surface area contributed by atoms with Crippen LogP contribution in [-0.4, -0.2) is 62.7 Å². The molecule has 1 heterocycles. The summed E-state index contributed by atoms with van der Waals surface area (Å²) in [4.78, 5) is 27.7. The minimum atomic E-state index is -0.191. The van der Waals surface area contributed by atoms with Crippen molar-refractivity contribution < 1.29 is 14.3 Å². The fourth-order valence-electron chi connectivity index (χ4n) is 2.73. The average molecular weight is 344 g/mol. The molecule has 2 amide bonds. The first kappa shape index (κ1) is 18.9. The number of benzene rings is 1. The van der Waals surface area contributed by atoms with E-state index in [0.717, 1.165) is 32.8 Å². The van der Waals surface area contributed by atoms with Gasteiger partial charge in [-0.05, 0) is 12.1 Å². The van der Waals surface area contributed by atoms with Crippen LogP contribution in [0.25, 0.3) is 0 Å². The summed E-state index contributed by atoms with van der Waals surface area (Å²) in [5.74, 6) is -0.294. The van der Waals surface area contributed by atoms with E-state index in [-0.39, 0.29) is 24.8 Å². The fourth-order valence-corrected chi connectivity index (χ4v) is 2.73. The summed E-state index contributed by atoms with van der Waals surface area (Å²) in [7, 11) is 0. The molecule has 1 aromatic rings. The van der Waals surface area contributed by atoms with Gasteiger partial charge in [0.2, 0.25) is 11.8 Å². The fraction of sp³-hybridized carbons (Fsp3) is 0.500. The number of hydrogen-bond acceptors (Lipinski definition) is 5. The summed E-state index contributed by atoms with van der Waals surface area (Å²) in [5.41, 5.74) is 0.962. The summed E-state index contributed by atoms with van der Waals surface area (Å²) >= 11 is 0. The molecule has 0 aromatic heterocycles. The van der Waals surface area contributed by atoms with Gasteiger partial charge in [-0.15, -0.1) is 0 Å². The number of rotatable bonds is 7. The Labute approximate surface area is 148 Å². The Morgan fingerprint density at radius 1 is 1.32 bits per heavy atom. The smallest absolute Gasteiger partial charge is 0.223 e. The Balaban J connectivity index is 1.81. The summed E-state index contributed by atoms with van der Waals surface area (Å²) in [6, 6.07) is 8.98. The lowest BCUT2D eigenvalue weighted by Gasteiger charge is -2.26. The first-order chi connectivity index (χ1) is 12.1. The molecule has 0 radical (unpaired) electrons. The standard InChI is InChI=1S/C18H24N4O3/c1-15(23)22(17-5-3-2-4-16(17)14-19)8-6-18(24)20-7-9-21-10-12-25-13-11-21/h2-5H,6-13H2,1H3,(H,20,24). The number of nitrogens with one attached hydrogen (secondary N) is 1. The van der Waals surface area contributed by atoms with Crippen LogP contribution in [0.1, 0.15) is 18.9 Å². The molecule has 0 saturated carbocycles. The predicted molar refractivity (Wildman–Crippen MR) is 94.1 cm³/mol. The van der Waals surface area contributed by atoms with E-state index >= 15 is 0 Å². The third-order valence-corrected chi connectivity index (χ3v) is 4.11. The maximum atomic E-state index is 12.0. The van der Waals surface area contributed by atoms with Crippen LogP contribution in [0.5, 0.6) is 0 Å². The number of hydrogen-bond donors (Lipinski definition) is 1. The van der Waals surface area contributed by atoms with Crippen LogP contribution < -0.4 is 10.2 Å². The van der Waals surface area contributed by atoms with Crippen LogP contribution in [0.15, 0.2) is 24.3 Å². The zero-order valence-corrected chi connectivity index (χ0v) is 14.5. The van der Waals surface area contributed by atoms with Crippen molar-refractivity contribution in [2.24, 2.45) is 0 Å². The monoisotopic (exact) mass is 344 g/mol. The third-order valence-electron chi connectivity index (χ3n) is 4.11.